The van der Waals surface area contributed by atoms with Crippen LogP contribution in [0.4, 0.5) is 0 Å². The van der Waals surface area contributed by atoms with Gasteiger partial charge in [-0.25, -0.2) is 0 Å². The first-order chi connectivity index (χ1) is 13.5. The number of fused-ring (bicyclic) bond motifs is 7. The van der Waals surface area contributed by atoms with Gasteiger partial charge in [-0.15, -0.1) is 0 Å². The van der Waals surface area contributed by atoms with Gasteiger partial charge in [-0.2, -0.15) is 0 Å². The minimum Gasteiger partial charge on any atom is -0.282 e. The van der Waals surface area contributed by atoms with Gasteiger partial charge in [0.15, 0.2) is 0 Å². The van der Waals surface area contributed by atoms with Crippen molar-refractivity contribution in [3.63, 3.8) is 0 Å². The Morgan fingerprint density at radius 2 is 1.07 bits per heavy atom. The van der Waals surface area contributed by atoms with Gasteiger partial charge in [0.1, 0.15) is 0 Å². The monoisotopic (exact) mass is 492 g/mol. The predicted octanol–water partition coefficient (Wildman–Crippen LogP) is 4.99. The lowest BCUT2D eigenvalue weighted by molar-refractivity contribution is -0.122. The molecular formula is C22H10Br2N2O2. The van der Waals surface area contributed by atoms with Crippen molar-refractivity contribution in [2.45, 2.75) is 0 Å². The molecular weight excluding hydrogens is 484 g/mol. The van der Waals surface area contributed by atoms with E-state index in [0.29, 0.717) is 22.5 Å². The minimum atomic E-state index is -0.162. The van der Waals surface area contributed by atoms with Gasteiger partial charge in [-0.05, 0) is 47.5 Å². The maximum Gasteiger partial charge on any atom is 0.265 e. The third kappa shape index (κ3) is 1.94. The fraction of sp³-hybridized carbons (Fsp3) is 0. The van der Waals surface area contributed by atoms with Crippen LogP contribution >= 0.6 is 31.9 Å². The van der Waals surface area contributed by atoms with Crippen molar-refractivity contribution in [2.75, 3.05) is 0 Å². The lowest BCUT2D eigenvalue weighted by atomic mass is 9.96. The Hall–Kier alpha value is -2.70. The first-order valence-electron chi connectivity index (χ1n) is 8.67. The third-order valence-corrected chi connectivity index (χ3v) is 6.40. The van der Waals surface area contributed by atoms with Crippen molar-refractivity contribution in [1.29, 1.82) is 0 Å². The van der Waals surface area contributed by atoms with Gasteiger partial charge in [0.25, 0.3) is 11.8 Å². The van der Waals surface area contributed by atoms with Crippen LogP contribution in [0.5, 0.6) is 0 Å². The molecule has 4 aliphatic heterocycles. The van der Waals surface area contributed by atoms with E-state index in [1.165, 1.54) is 0 Å². The van der Waals surface area contributed by atoms with Crippen molar-refractivity contribution in [2.24, 2.45) is 0 Å². The first kappa shape index (κ1) is 16.3. The van der Waals surface area contributed by atoms with E-state index < -0.39 is 0 Å². The van der Waals surface area contributed by atoms with Crippen molar-refractivity contribution in [1.82, 2.24) is 9.80 Å². The van der Waals surface area contributed by atoms with Crippen LogP contribution in [0, 0.1) is 0 Å². The number of halogens is 2. The lowest BCUT2D eigenvalue weighted by Crippen LogP contribution is -2.26. The highest BCUT2D eigenvalue weighted by atomic mass is 79.9. The highest BCUT2D eigenvalue weighted by Crippen LogP contribution is 2.50. The summed E-state index contributed by atoms with van der Waals surface area (Å²) >= 11 is 6.98. The summed E-state index contributed by atoms with van der Waals surface area (Å²) in [4.78, 5) is 29.9. The van der Waals surface area contributed by atoms with Gasteiger partial charge in [0.05, 0.1) is 22.5 Å². The highest BCUT2D eigenvalue weighted by Gasteiger charge is 2.49. The van der Waals surface area contributed by atoms with Crippen molar-refractivity contribution < 1.29 is 9.59 Å². The van der Waals surface area contributed by atoms with Gasteiger partial charge in [0.2, 0.25) is 0 Å². The summed E-state index contributed by atoms with van der Waals surface area (Å²) in [7, 11) is 0. The molecule has 4 nitrogen and oxygen atoms in total. The van der Waals surface area contributed by atoms with Gasteiger partial charge in [-0.1, -0.05) is 44.0 Å². The molecule has 2 aromatic carbocycles. The molecule has 0 aliphatic carbocycles. The molecule has 0 aromatic heterocycles. The van der Waals surface area contributed by atoms with Gasteiger partial charge >= 0.3 is 0 Å². The Labute approximate surface area is 177 Å². The van der Waals surface area contributed by atoms with E-state index in [1.807, 2.05) is 48.6 Å². The smallest absolute Gasteiger partial charge is 0.265 e. The maximum absolute atomic E-state index is 13.3. The molecule has 0 unspecified atom stereocenters. The van der Waals surface area contributed by atoms with Crippen molar-refractivity contribution in [3.8, 4) is 0 Å². The number of rotatable bonds is 0. The molecule has 0 saturated heterocycles. The Morgan fingerprint density at radius 1 is 0.643 bits per heavy atom. The summed E-state index contributed by atoms with van der Waals surface area (Å²) in [5, 5.41) is 0. The minimum absolute atomic E-state index is 0.162. The van der Waals surface area contributed by atoms with Crippen molar-refractivity contribution >= 4 is 67.2 Å². The van der Waals surface area contributed by atoms with E-state index in [4.69, 9.17) is 0 Å². The molecule has 0 radical (unpaired) electrons. The van der Waals surface area contributed by atoms with Crippen LogP contribution in [-0.2, 0) is 9.59 Å². The molecule has 0 fully saturated rings. The number of carbonyl (C=O) groups excluding carboxylic acids is 2. The molecule has 6 heteroatoms. The average molecular weight is 494 g/mol. The Kier molecular flexibility index (Phi) is 3.15. The van der Waals surface area contributed by atoms with Crippen LogP contribution < -0.4 is 0 Å². The number of nitrogens with zero attached hydrogens (tertiary/aromatic N) is 2. The van der Waals surface area contributed by atoms with Crippen LogP contribution in [0.25, 0.3) is 23.5 Å². The molecule has 4 aliphatic rings. The molecule has 4 heterocycles. The van der Waals surface area contributed by atoms with Crippen LogP contribution in [-0.4, -0.2) is 21.6 Å². The van der Waals surface area contributed by atoms with Gasteiger partial charge < -0.3 is 0 Å². The topological polar surface area (TPSA) is 40.6 Å². The predicted molar refractivity (Wildman–Crippen MR) is 114 cm³/mol. The molecule has 0 N–H and O–H groups in total. The molecule has 134 valence electrons. The number of amides is 2. The summed E-state index contributed by atoms with van der Waals surface area (Å²) in [5.74, 6) is -0.324. The van der Waals surface area contributed by atoms with Crippen LogP contribution in [0.1, 0.15) is 22.3 Å². The molecule has 0 bridgehead atoms. The van der Waals surface area contributed by atoms with Crippen LogP contribution in [0.2, 0.25) is 0 Å². The molecule has 6 rings (SSSR count). The second-order valence-corrected chi connectivity index (χ2v) is 8.72. The van der Waals surface area contributed by atoms with Crippen molar-refractivity contribution in [3.05, 3.63) is 91.1 Å². The van der Waals surface area contributed by atoms with E-state index >= 15 is 0 Å². The number of hydrogen-bond donors (Lipinski definition) is 0. The number of benzene rings is 2. The molecule has 0 saturated carbocycles. The fourth-order valence-electron chi connectivity index (χ4n) is 4.24. The standard InChI is InChI=1S/C22H10Br2N2O2/c23-13-1-3-15-11(9-13)5-7-25-19(15)17-18(22(25)28)20-16-4-2-14(24)10-12(16)6-8-26(20)21(17)27/h1-10H. The molecule has 0 atom stereocenters. The summed E-state index contributed by atoms with van der Waals surface area (Å²) in [6, 6.07) is 11.7. The normalized spacial score (nSPS) is 18.5. The Bertz CT molecular complexity index is 1180. The van der Waals surface area contributed by atoms with E-state index in [1.54, 1.807) is 22.2 Å². The lowest BCUT2D eigenvalue weighted by Gasteiger charge is -2.26. The van der Waals surface area contributed by atoms with E-state index in [-0.39, 0.29) is 11.8 Å². The summed E-state index contributed by atoms with van der Waals surface area (Å²) in [5.41, 5.74) is 6.03. The average Bonchev–Trinajstić information content (AvgIpc) is 3.14. The van der Waals surface area contributed by atoms with E-state index in [0.717, 1.165) is 31.2 Å². The number of hydrogen-bond acceptors (Lipinski definition) is 2. The van der Waals surface area contributed by atoms with E-state index in [2.05, 4.69) is 31.9 Å². The quantitative estimate of drug-likeness (QED) is 0.519. The summed E-state index contributed by atoms with van der Waals surface area (Å²) < 4.78 is 1.91. The number of carbonyl (C=O) groups is 2. The van der Waals surface area contributed by atoms with Gasteiger partial charge in [0, 0.05) is 32.5 Å². The summed E-state index contributed by atoms with van der Waals surface area (Å²) in [6.45, 7) is 0. The second kappa shape index (κ2) is 5.43. The molecule has 0 spiro atoms. The zero-order valence-corrected chi connectivity index (χ0v) is 17.4. The molecule has 2 amide bonds. The Balaban J connectivity index is 1.68. The van der Waals surface area contributed by atoms with E-state index in [9.17, 15) is 9.59 Å². The zero-order chi connectivity index (χ0) is 19.2. The maximum atomic E-state index is 13.3. The third-order valence-electron chi connectivity index (χ3n) is 5.41. The zero-order valence-electron chi connectivity index (χ0n) is 14.2. The van der Waals surface area contributed by atoms with Gasteiger partial charge in [-0.3, -0.25) is 19.4 Å². The first-order valence-corrected chi connectivity index (χ1v) is 10.3. The molecule has 2 aromatic rings. The summed E-state index contributed by atoms with van der Waals surface area (Å²) in [6.07, 6.45) is 7.32. The van der Waals surface area contributed by atoms with Crippen LogP contribution in [0.3, 0.4) is 0 Å². The highest BCUT2D eigenvalue weighted by molar-refractivity contribution is 9.10. The Morgan fingerprint density at radius 3 is 1.50 bits per heavy atom. The fourth-order valence-corrected chi connectivity index (χ4v) is 4.99. The largest absolute Gasteiger partial charge is 0.282 e. The molecule has 28 heavy (non-hydrogen) atoms. The van der Waals surface area contributed by atoms with Crippen LogP contribution in [0.15, 0.2) is 68.9 Å². The second-order valence-electron chi connectivity index (χ2n) is 6.89. The SMILES string of the molecule is O=C1C2=C3c4ccc(Br)cc4C=CN3C(=O)C2=C2c3ccc(Br)cc3C=CN12.